The highest BCUT2D eigenvalue weighted by Crippen LogP contribution is 2.26. The van der Waals surface area contributed by atoms with Gasteiger partial charge in [-0.25, -0.2) is 0 Å². The predicted octanol–water partition coefficient (Wildman–Crippen LogP) is 4.05. The highest BCUT2D eigenvalue weighted by atomic mass is 35.5. The van der Waals surface area contributed by atoms with Gasteiger partial charge in [0, 0.05) is 37.6 Å². The molecule has 2 atom stereocenters. The first-order valence-corrected chi connectivity index (χ1v) is 9.00. The summed E-state index contributed by atoms with van der Waals surface area (Å²) < 4.78 is 0. The van der Waals surface area contributed by atoms with Crippen LogP contribution in [0, 0.1) is 0 Å². The molecule has 23 heavy (non-hydrogen) atoms. The van der Waals surface area contributed by atoms with Crippen LogP contribution in [-0.2, 0) is 13.1 Å². The fourth-order valence-electron chi connectivity index (χ4n) is 3.43. The summed E-state index contributed by atoms with van der Waals surface area (Å²) in [6.07, 6.45) is 2.43. The van der Waals surface area contributed by atoms with Crippen molar-refractivity contribution in [2.24, 2.45) is 0 Å². The number of hydrogen-bond acceptors (Lipinski definition) is 2. The SMILES string of the molecule is ClCC1CCC(CNCc2ccccc2)N1Cc1ccccc1. The van der Waals surface area contributed by atoms with Crippen LogP contribution >= 0.6 is 11.6 Å². The van der Waals surface area contributed by atoms with Crippen molar-refractivity contribution >= 4 is 11.6 Å². The number of rotatable bonds is 7. The van der Waals surface area contributed by atoms with Crippen LogP contribution in [0.2, 0.25) is 0 Å². The average molecular weight is 329 g/mol. The minimum atomic E-state index is 0.500. The second kappa shape index (κ2) is 8.49. The fraction of sp³-hybridized carbons (Fsp3) is 0.400. The maximum atomic E-state index is 6.20. The lowest BCUT2D eigenvalue weighted by Crippen LogP contribution is -2.41. The number of halogens is 1. The third-order valence-corrected chi connectivity index (χ3v) is 5.07. The first-order valence-electron chi connectivity index (χ1n) is 8.47. The van der Waals surface area contributed by atoms with E-state index in [0.717, 1.165) is 25.5 Å². The van der Waals surface area contributed by atoms with Gasteiger partial charge in [0.25, 0.3) is 0 Å². The van der Waals surface area contributed by atoms with Gasteiger partial charge in [0.1, 0.15) is 0 Å². The number of nitrogens with zero attached hydrogens (tertiary/aromatic N) is 1. The minimum Gasteiger partial charge on any atom is -0.311 e. The van der Waals surface area contributed by atoms with Crippen LogP contribution in [0.3, 0.4) is 0 Å². The molecular formula is C20H25ClN2. The van der Waals surface area contributed by atoms with Crippen molar-refractivity contribution in [2.75, 3.05) is 12.4 Å². The van der Waals surface area contributed by atoms with Crippen molar-refractivity contribution in [2.45, 2.75) is 38.0 Å². The lowest BCUT2D eigenvalue weighted by molar-refractivity contribution is 0.191. The largest absolute Gasteiger partial charge is 0.311 e. The van der Waals surface area contributed by atoms with Gasteiger partial charge >= 0.3 is 0 Å². The fourth-order valence-corrected chi connectivity index (χ4v) is 3.76. The van der Waals surface area contributed by atoms with E-state index in [1.807, 2.05) is 0 Å². The molecule has 0 aliphatic carbocycles. The van der Waals surface area contributed by atoms with Crippen LogP contribution in [0.5, 0.6) is 0 Å². The summed E-state index contributed by atoms with van der Waals surface area (Å²) in [4.78, 5) is 2.58. The maximum Gasteiger partial charge on any atom is 0.0379 e. The van der Waals surface area contributed by atoms with Gasteiger partial charge in [-0.3, -0.25) is 4.90 Å². The zero-order valence-electron chi connectivity index (χ0n) is 13.5. The van der Waals surface area contributed by atoms with Gasteiger partial charge in [0.15, 0.2) is 0 Å². The molecule has 1 aliphatic rings. The van der Waals surface area contributed by atoms with Gasteiger partial charge < -0.3 is 5.32 Å². The van der Waals surface area contributed by atoms with E-state index >= 15 is 0 Å². The lowest BCUT2D eigenvalue weighted by Gasteiger charge is -2.29. The Morgan fingerprint density at radius 3 is 2.13 bits per heavy atom. The number of benzene rings is 2. The molecule has 0 bridgehead atoms. The zero-order valence-corrected chi connectivity index (χ0v) is 14.3. The Morgan fingerprint density at radius 1 is 0.870 bits per heavy atom. The molecule has 1 aliphatic heterocycles. The van der Waals surface area contributed by atoms with Crippen LogP contribution in [0.25, 0.3) is 0 Å². The van der Waals surface area contributed by atoms with Crippen LogP contribution in [0.4, 0.5) is 0 Å². The number of likely N-dealkylation sites (tertiary alicyclic amines) is 1. The van der Waals surface area contributed by atoms with Gasteiger partial charge in [-0.1, -0.05) is 60.7 Å². The topological polar surface area (TPSA) is 15.3 Å². The summed E-state index contributed by atoms with van der Waals surface area (Å²) in [5, 5.41) is 3.62. The van der Waals surface area contributed by atoms with Crippen molar-refractivity contribution in [1.82, 2.24) is 10.2 Å². The molecule has 122 valence electrons. The van der Waals surface area contributed by atoms with E-state index in [2.05, 4.69) is 70.9 Å². The third kappa shape index (κ3) is 4.57. The smallest absolute Gasteiger partial charge is 0.0379 e. The van der Waals surface area contributed by atoms with Crippen LogP contribution in [0.15, 0.2) is 60.7 Å². The molecule has 1 fully saturated rings. The molecular weight excluding hydrogens is 304 g/mol. The highest BCUT2D eigenvalue weighted by Gasteiger charge is 2.32. The number of hydrogen-bond donors (Lipinski definition) is 1. The molecule has 0 aromatic heterocycles. The van der Waals surface area contributed by atoms with E-state index in [1.165, 1.54) is 24.0 Å². The van der Waals surface area contributed by atoms with Crippen molar-refractivity contribution in [3.05, 3.63) is 71.8 Å². The quantitative estimate of drug-likeness (QED) is 0.771. The summed E-state index contributed by atoms with van der Waals surface area (Å²) in [5.74, 6) is 0.724. The molecule has 3 rings (SSSR count). The molecule has 3 heteroatoms. The summed E-state index contributed by atoms with van der Waals surface area (Å²) >= 11 is 6.20. The number of alkyl halides is 1. The van der Waals surface area contributed by atoms with E-state index in [4.69, 9.17) is 11.6 Å². The summed E-state index contributed by atoms with van der Waals surface area (Å²) in [5.41, 5.74) is 2.71. The Balaban J connectivity index is 1.56. The minimum absolute atomic E-state index is 0.500. The molecule has 2 aromatic rings. The molecule has 1 heterocycles. The summed E-state index contributed by atoms with van der Waals surface area (Å²) in [6, 6.07) is 22.4. The standard InChI is InChI=1S/C20H25ClN2/c21-13-19-11-12-20(15-22-14-17-7-3-1-4-8-17)23(19)16-18-9-5-2-6-10-18/h1-10,19-20,22H,11-16H2. The van der Waals surface area contributed by atoms with Crippen LogP contribution in [-0.4, -0.2) is 29.4 Å². The Labute approximate surface area is 144 Å². The zero-order chi connectivity index (χ0) is 15.9. The molecule has 2 nitrogen and oxygen atoms in total. The van der Waals surface area contributed by atoms with Gasteiger partial charge in [0.05, 0.1) is 0 Å². The Hall–Kier alpha value is -1.35. The molecule has 2 aromatic carbocycles. The molecule has 0 radical (unpaired) electrons. The van der Waals surface area contributed by atoms with Gasteiger partial charge in [-0.2, -0.15) is 0 Å². The molecule has 2 unspecified atom stereocenters. The van der Waals surface area contributed by atoms with Crippen molar-refractivity contribution in [3.8, 4) is 0 Å². The first-order chi connectivity index (χ1) is 11.4. The van der Waals surface area contributed by atoms with Crippen LogP contribution in [0.1, 0.15) is 24.0 Å². The van der Waals surface area contributed by atoms with Gasteiger partial charge in [-0.05, 0) is 24.0 Å². The third-order valence-electron chi connectivity index (χ3n) is 4.71. The van der Waals surface area contributed by atoms with Crippen molar-refractivity contribution in [1.29, 1.82) is 0 Å². The van der Waals surface area contributed by atoms with E-state index in [1.54, 1.807) is 0 Å². The molecule has 1 saturated heterocycles. The molecule has 0 saturated carbocycles. The van der Waals surface area contributed by atoms with E-state index in [9.17, 15) is 0 Å². The molecule has 0 spiro atoms. The summed E-state index contributed by atoms with van der Waals surface area (Å²) in [6.45, 7) is 2.95. The highest BCUT2D eigenvalue weighted by molar-refractivity contribution is 6.18. The van der Waals surface area contributed by atoms with Gasteiger partial charge in [-0.15, -0.1) is 11.6 Å². The lowest BCUT2D eigenvalue weighted by atomic mass is 10.1. The molecule has 1 N–H and O–H groups in total. The van der Waals surface area contributed by atoms with E-state index in [0.29, 0.717) is 12.1 Å². The van der Waals surface area contributed by atoms with E-state index in [-0.39, 0.29) is 0 Å². The first kappa shape index (κ1) is 16.5. The van der Waals surface area contributed by atoms with Gasteiger partial charge in [0.2, 0.25) is 0 Å². The number of nitrogens with one attached hydrogen (secondary N) is 1. The Morgan fingerprint density at radius 2 is 1.48 bits per heavy atom. The van der Waals surface area contributed by atoms with Crippen LogP contribution < -0.4 is 5.32 Å². The molecule has 0 amide bonds. The second-order valence-electron chi connectivity index (χ2n) is 6.31. The normalized spacial score (nSPS) is 21.6. The van der Waals surface area contributed by atoms with Crippen molar-refractivity contribution in [3.63, 3.8) is 0 Å². The maximum absolute atomic E-state index is 6.20. The van der Waals surface area contributed by atoms with Crippen molar-refractivity contribution < 1.29 is 0 Å². The monoisotopic (exact) mass is 328 g/mol. The predicted molar refractivity (Wildman–Crippen MR) is 97.7 cm³/mol. The Kier molecular flexibility index (Phi) is 6.09. The Bertz CT molecular complexity index is 573. The second-order valence-corrected chi connectivity index (χ2v) is 6.62. The summed E-state index contributed by atoms with van der Waals surface area (Å²) in [7, 11) is 0. The van der Waals surface area contributed by atoms with E-state index < -0.39 is 0 Å². The average Bonchev–Trinajstić information content (AvgIpc) is 2.99.